The van der Waals surface area contributed by atoms with E-state index in [1.54, 1.807) is 27.6 Å². The largest absolute Gasteiger partial charge is 0.450 e. The summed E-state index contributed by atoms with van der Waals surface area (Å²) >= 11 is 0. The summed E-state index contributed by atoms with van der Waals surface area (Å²) in [5.41, 5.74) is 6.49. The molecule has 0 saturated carbocycles. The van der Waals surface area contributed by atoms with E-state index < -0.39 is 0 Å². The third kappa shape index (κ3) is 3.26. The topological polar surface area (TPSA) is 93.7 Å². The van der Waals surface area contributed by atoms with Gasteiger partial charge in [-0.25, -0.2) is 4.79 Å². The van der Waals surface area contributed by atoms with Gasteiger partial charge in [0.15, 0.2) is 5.69 Å². The van der Waals surface area contributed by atoms with Crippen LogP contribution in [-0.2, 0) is 11.3 Å². The van der Waals surface area contributed by atoms with Crippen LogP contribution in [0.25, 0.3) is 0 Å². The molecule has 116 valence electrons. The quantitative estimate of drug-likeness (QED) is 0.871. The highest BCUT2D eigenvalue weighted by Crippen LogP contribution is 2.14. The molecule has 0 radical (unpaired) electrons. The fourth-order valence-electron chi connectivity index (χ4n) is 2.22. The van der Waals surface area contributed by atoms with E-state index >= 15 is 0 Å². The first-order valence-electron chi connectivity index (χ1n) is 7.10. The molecule has 1 fully saturated rings. The molecule has 0 aliphatic carbocycles. The van der Waals surface area contributed by atoms with E-state index in [-0.39, 0.29) is 17.7 Å². The van der Waals surface area contributed by atoms with Gasteiger partial charge < -0.3 is 20.3 Å². The molecule has 1 aliphatic rings. The molecule has 0 atom stereocenters. The highest BCUT2D eigenvalue weighted by molar-refractivity contribution is 5.97. The van der Waals surface area contributed by atoms with Gasteiger partial charge in [-0.15, -0.1) is 0 Å². The first-order chi connectivity index (χ1) is 10.1. The van der Waals surface area contributed by atoms with E-state index in [0.717, 1.165) is 0 Å². The van der Waals surface area contributed by atoms with Crippen LogP contribution in [0.4, 0.5) is 10.5 Å². The summed E-state index contributed by atoms with van der Waals surface area (Å²) < 4.78 is 6.58. The molecule has 2 amide bonds. The standard InChI is InChI=1S/C13H21N5O3/c1-3-18-9-10(14)11(15-18)12(19)16-5-7-17(8-6-16)13(20)21-4-2/h9H,3-8,14H2,1-2H3. The van der Waals surface area contributed by atoms with Crippen LogP contribution in [0, 0.1) is 0 Å². The fourth-order valence-corrected chi connectivity index (χ4v) is 2.22. The maximum Gasteiger partial charge on any atom is 0.409 e. The molecule has 8 heteroatoms. The second-order valence-electron chi connectivity index (χ2n) is 4.77. The Labute approximate surface area is 123 Å². The SMILES string of the molecule is CCOC(=O)N1CCN(C(=O)c2nn(CC)cc2N)CC1. The number of aromatic nitrogens is 2. The van der Waals surface area contributed by atoms with Gasteiger partial charge in [0.2, 0.25) is 0 Å². The van der Waals surface area contributed by atoms with E-state index in [1.165, 1.54) is 0 Å². The van der Waals surface area contributed by atoms with Crippen molar-refractivity contribution in [1.82, 2.24) is 19.6 Å². The Morgan fingerprint density at radius 3 is 2.38 bits per heavy atom. The number of aryl methyl sites for hydroxylation is 1. The Balaban J connectivity index is 1.96. The lowest BCUT2D eigenvalue weighted by molar-refractivity contribution is 0.0566. The Bertz CT molecular complexity index is 520. The van der Waals surface area contributed by atoms with Gasteiger partial charge in [0.1, 0.15) is 0 Å². The van der Waals surface area contributed by atoms with Gasteiger partial charge in [0.25, 0.3) is 5.91 Å². The number of nitrogens with zero attached hydrogens (tertiary/aromatic N) is 4. The van der Waals surface area contributed by atoms with Crippen LogP contribution in [0.3, 0.4) is 0 Å². The van der Waals surface area contributed by atoms with Gasteiger partial charge in [0.05, 0.1) is 12.3 Å². The van der Waals surface area contributed by atoms with Crippen LogP contribution in [0.2, 0.25) is 0 Å². The van der Waals surface area contributed by atoms with Gasteiger partial charge in [0, 0.05) is 38.9 Å². The van der Waals surface area contributed by atoms with Crippen LogP contribution in [0.1, 0.15) is 24.3 Å². The maximum absolute atomic E-state index is 12.4. The molecule has 2 heterocycles. The van der Waals surface area contributed by atoms with E-state index in [9.17, 15) is 9.59 Å². The highest BCUT2D eigenvalue weighted by Gasteiger charge is 2.27. The first kappa shape index (κ1) is 15.1. The monoisotopic (exact) mass is 295 g/mol. The summed E-state index contributed by atoms with van der Waals surface area (Å²) in [5.74, 6) is -0.191. The van der Waals surface area contributed by atoms with E-state index in [2.05, 4.69) is 5.10 Å². The molecule has 1 aromatic heterocycles. The maximum atomic E-state index is 12.4. The normalized spacial score (nSPS) is 15.1. The minimum Gasteiger partial charge on any atom is -0.450 e. The Morgan fingerprint density at radius 1 is 1.24 bits per heavy atom. The average molecular weight is 295 g/mol. The molecule has 0 aromatic carbocycles. The lowest BCUT2D eigenvalue weighted by atomic mass is 10.2. The van der Waals surface area contributed by atoms with Crippen molar-refractivity contribution in [1.29, 1.82) is 0 Å². The van der Waals surface area contributed by atoms with Gasteiger partial charge in [-0.05, 0) is 13.8 Å². The Hall–Kier alpha value is -2.25. The molecule has 0 bridgehead atoms. The Kier molecular flexibility index (Phi) is 4.66. The van der Waals surface area contributed by atoms with Crippen molar-refractivity contribution < 1.29 is 14.3 Å². The van der Waals surface area contributed by atoms with Crippen LogP contribution < -0.4 is 5.73 Å². The highest BCUT2D eigenvalue weighted by atomic mass is 16.6. The van der Waals surface area contributed by atoms with Crippen LogP contribution in [-0.4, -0.2) is 64.4 Å². The predicted octanol–water partition coefficient (Wildman–Crippen LogP) is 0.400. The average Bonchev–Trinajstić information content (AvgIpc) is 2.88. The molecule has 1 saturated heterocycles. The van der Waals surface area contributed by atoms with E-state index in [1.807, 2.05) is 6.92 Å². The van der Waals surface area contributed by atoms with Crippen molar-refractivity contribution in [2.75, 3.05) is 38.5 Å². The minimum absolute atomic E-state index is 0.191. The van der Waals surface area contributed by atoms with Gasteiger partial charge >= 0.3 is 6.09 Å². The van der Waals surface area contributed by atoms with Crippen molar-refractivity contribution in [3.63, 3.8) is 0 Å². The van der Waals surface area contributed by atoms with Crippen molar-refractivity contribution in [2.24, 2.45) is 0 Å². The lowest BCUT2D eigenvalue weighted by Gasteiger charge is -2.33. The van der Waals surface area contributed by atoms with Crippen LogP contribution in [0.15, 0.2) is 6.20 Å². The Morgan fingerprint density at radius 2 is 1.86 bits per heavy atom. The summed E-state index contributed by atoms with van der Waals surface area (Å²) in [4.78, 5) is 27.3. The number of nitrogens with two attached hydrogens (primary N) is 1. The number of hydrogen-bond acceptors (Lipinski definition) is 5. The smallest absolute Gasteiger partial charge is 0.409 e. The molecule has 1 aromatic rings. The number of hydrogen-bond donors (Lipinski definition) is 1. The molecular weight excluding hydrogens is 274 g/mol. The zero-order valence-electron chi connectivity index (χ0n) is 12.4. The van der Waals surface area contributed by atoms with Gasteiger partial charge in [-0.2, -0.15) is 5.10 Å². The number of carbonyl (C=O) groups is 2. The zero-order chi connectivity index (χ0) is 15.4. The second kappa shape index (κ2) is 6.47. The molecular formula is C13H21N5O3. The summed E-state index contributed by atoms with van der Waals surface area (Å²) in [7, 11) is 0. The third-order valence-corrected chi connectivity index (χ3v) is 3.41. The third-order valence-electron chi connectivity index (χ3n) is 3.41. The molecule has 8 nitrogen and oxygen atoms in total. The summed E-state index contributed by atoms with van der Waals surface area (Å²) in [5, 5.41) is 4.18. The summed E-state index contributed by atoms with van der Waals surface area (Å²) in [6.45, 7) is 6.53. The van der Waals surface area contributed by atoms with Gasteiger partial charge in [-0.3, -0.25) is 9.48 Å². The minimum atomic E-state index is -0.334. The number of piperazine rings is 1. The number of rotatable bonds is 3. The van der Waals surface area contributed by atoms with Crippen LogP contribution >= 0.6 is 0 Å². The number of anilines is 1. The summed E-state index contributed by atoms with van der Waals surface area (Å²) in [6, 6.07) is 0. The number of nitrogen functional groups attached to an aromatic ring is 1. The number of ether oxygens (including phenoxy) is 1. The molecule has 21 heavy (non-hydrogen) atoms. The first-order valence-corrected chi connectivity index (χ1v) is 7.10. The molecule has 2 N–H and O–H groups in total. The molecule has 0 unspecified atom stereocenters. The predicted molar refractivity (Wildman–Crippen MR) is 76.8 cm³/mol. The molecule has 1 aliphatic heterocycles. The fraction of sp³-hybridized carbons (Fsp3) is 0.615. The van der Waals surface area contributed by atoms with E-state index in [4.69, 9.17) is 10.5 Å². The molecule has 2 rings (SSSR count). The van der Waals surface area contributed by atoms with Crippen molar-refractivity contribution in [3.05, 3.63) is 11.9 Å². The number of carbonyl (C=O) groups excluding carboxylic acids is 2. The zero-order valence-corrected chi connectivity index (χ0v) is 12.4. The second-order valence-corrected chi connectivity index (χ2v) is 4.77. The van der Waals surface area contributed by atoms with Gasteiger partial charge in [-0.1, -0.05) is 0 Å². The summed E-state index contributed by atoms with van der Waals surface area (Å²) in [6.07, 6.45) is 1.32. The lowest BCUT2D eigenvalue weighted by Crippen LogP contribution is -2.50. The molecule has 0 spiro atoms. The van der Waals surface area contributed by atoms with Crippen molar-refractivity contribution in [2.45, 2.75) is 20.4 Å². The van der Waals surface area contributed by atoms with Crippen molar-refractivity contribution >= 4 is 17.7 Å². The van der Waals surface area contributed by atoms with Crippen molar-refractivity contribution in [3.8, 4) is 0 Å². The van der Waals surface area contributed by atoms with E-state index in [0.29, 0.717) is 45.0 Å². The van der Waals surface area contributed by atoms with Crippen LogP contribution in [0.5, 0.6) is 0 Å². The number of amides is 2.